The Morgan fingerprint density at radius 2 is 1.82 bits per heavy atom. The number of carbonyl (C=O) groups is 1. The molecule has 0 bridgehead atoms. The molecule has 39 heavy (non-hydrogen) atoms. The van der Waals surface area contributed by atoms with E-state index in [1.165, 1.54) is 18.2 Å². The first-order valence-electron chi connectivity index (χ1n) is 12.3. The third-order valence-electron chi connectivity index (χ3n) is 6.24. The Kier molecular flexibility index (Phi) is 8.97. The molecule has 0 amide bonds. The van der Waals surface area contributed by atoms with Crippen molar-refractivity contribution < 1.29 is 43.0 Å². The summed E-state index contributed by atoms with van der Waals surface area (Å²) in [6.07, 6.45) is 0.162. The number of ether oxygens (including phenoxy) is 1. The molecule has 11 heteroatoms. The number of unbranched alkanes of at least 4 members (excludes halogenated alkanes) is 1. The van der Waals surface area contributed by atoms with Crippen LogP contribution in [0.1, 0.15) is 35.2 Å². The Hall–Kier alpha value is -3.37. The number of aryl methyl sites for hydroxylation is 1. The van der Waals surface area contributed by atoms with Crippen molar-refractivity contribution in [3.63, 3.8) is 0 Å². The van der Waals surface area contributed by atoms with Gasteiger partial charge >= 0.3 is 7.82 Å². The number of fused-ring (bicyclic) bond motifs is 2. The summed E-state index contributed by atoms with van der Waals surface area (Å²) in [7, 11) is -4.72. The first kappa shape index (κ1) is 28.6. The van der Waals surface area contributed by atoms with E-state index in [2.05, 4.69) is 4.52 Å². The van der Waals surface area contributed by atoms with Crippen LogP contribution in [0.25, 0.3) is 33.4 Å². The fourth-order valence-electron chi connectivity index (χ4n) is 4.37. The van der Waals surface area contributed by atoms with Crippen LogP contribution in [0.2, 0.25) is 0 Å². The Morgan fingerprint density at radius 3 is 2.56 bits per heavy atom. The minimum Gasteiger partial charge on any atom is -0.508 e. The minimum absolute atomic E-state index is 0.0284. The van der Waals surface area contributed by atoms with Crippen LogP contribution in [0.15, 0.2) is 63.8 Å². The number of phosphoric acid groups is 1. The van der Waals surface area contributed by atoms with Gasteiger partial charge in [0.1, 0.15) is 23.2 Å². The molecule has 10 nitrogen and oxygen atoms in total. The third-order valence-corrected chi connectivity index (χ3v) is 6.81. The molecule has 2 aliphatic rings. The zero-order valence-electron chi connectivity index (χ0n) is 21.2. The molecule has 0 saturated carbocycles. The van der Waals surface area contributed by atoms with Crippen LogP contribution in [0.4, 0.5) is 0 Å². The van der Waals surface area contributed by atoms with E-state index in [-0.39, 0.29) is 36.6 Å². The van der Waals surface area contributed by atoms with E-state index in [1.54, 1.807) is 24.3 Å². The van der Waals surface area contributed by atoms with Crippen LogP contribution in [0.3, 0.4) is 0 Å². The molecule has 2 aromatic carbocycles. The molecule has 0 spiro atoms. The topological polar surface area (TPSA) is 164 Å². The summed E-state index contributed by atoms with van der Waals surface area (Å²) in [6.45, 7) is 1.38. The van der Waals surface area contributed by atoms with E-state index in [0.717, 1.165) is 22.1 Å². The van der Waals surface area contributed by atoms with Crippen molar-refractivity contribution in [1.82, 2.24) is 0 Å². The summed E-state index contributed by atoms with van der Waals surface area (Å²) in [5, 5.41) is 19.8. The number of hydrogen-bond donors (Lipinski definition) is 4. The molecule has 1 aliphatic heterocycles. The van der Waals surface area contributed by atoms with Crippen LogP contribution in [0, 0.1) is 6.92 Å². The molecule has 0 radical (unpaired) electrons. The van der Waals surface area contributed by atoms with Crippen molar-refractivity contribution in [1.29, 1.82) is 0 Å². The number of aliphatic hydroxyl groups excluding tert-OH is 1. The summed E-state index contributed by atoms with van der Waals surface area (Å²) in [4.78, 5) is 42.7. The normalized spacial score (nSPS) is 12.7. The smallest absolute Gasteiger partial charge is 0.470 e. The molecule has 0 fully saturated rings. The van der Waals surface area contributed by atoms with Gasteiger partial charge in [0.25, 0.3) is 0 Å². The molecule has 206 valence electrons. The number of benzene rings is 3. The predicted octanol–water partition coefficient (Wildman–Crippen LogP) is 4.42. The lowest BCUT2D eigenvalue weighted by Gasteiger charge is -2.17. The highest BCUT2D eigenvalue weighted by Crippen LogP contribution is 2.42. The summed E-state index contributed by atoms with van der Waals surface area (Å²) < 4.78 is 26.5. The maximum Gasteiger partial charge on any atom is 0.470 e. The van der Waals surface area contributed by atoms with E-state index in [9.17, 15) is 19.3 Å². The van der Waals surface area contributed by atoms with Crippen LogP contribution in [-0.2, 0) is 13.8 Å². The minimum atomic E-state index is -4.72. The van der Waals surface area contributed by atoms with Gasteiger partial charge in [0.15, 0.2) is 11.2 Å². The molecule has 4 N–H and O–H groups in total. The number of phenolic OH excluding ortho intramolecular Hbond substituents is 1. The van der Waals surface area contributed by atoms with Crippen molar-refractivity contribution in [3.8, 4) is 28.2 Å². The maximum absolute atomic E-state index is 13.0. The van der Waals surface area contributed by atoms with Gasteiger partial charge in [-0.25, -0.2) is 4.57 Å². The lowest BCUT2D eigenvalue weighted by molar-refractivity contribution is 0.00418. The van der Waals surface area contributed by atoms with E-state index in [1.807, 2.05) is 19.1 Å². The zero-order valence-corrected chi connectivity index (χ0v) is 22.1. The number of aliphatic hydroxyl groups is 1. The molecule has 0 aromatic heterocycles. The monoisotopic (exact) mass is 556 g/mol. The standard InChI is InChI=1S/C28H29O10P/c1-17-5-6-18(25(32)4-2-3-11-36-16-21(15-29)38-39(33,34)35)12-24(17)28-22-9-7-19(30)13-26(22)37-27-14-20(31)8-10-23(27)28/h5-10,12-14,21,29-30H,2-4,11,15-16H2,1H3,(H2,33,34,35). The van der Waals surface area contributed by atoms with Crippen molar-refractivity contribution in [2.45, 2.75) is 32.3 Å². The fourth-order valence-corrected chi connectivity index (χ4v) is 4.89. The van der Waals surface area contributed by atoms with Gasteiger partial charge < -0.3 is 29.2 Å². The predicted molar refractivity (Wildman–Crippen MR) is 144 cm³/mol. The molecule has 0 saturated heterocycles. The second-order valence-electron chi connectivity index (χ2n) is 9.20. The van der Waals surface area contributed by atoms with E-state index >= 15 is 0 Å². The number of phosphoric ester groups is 1. The quantitative estimate of drug-likeness (QED) is 0.0850. The summed E-state index contributed by atoms with van der Waals surface area (Å²) in [5.41, 5.74) is 3.96. The average molecular weight is 557 g/mol. The first-order valence-corrected chi connectivity index (χ1v) is 13.8. The Bertz CT molecular complexity index is 1550. The number of carbonyl (C=O) groups excluding carboxylic acids is 1. The number of Topliss-reactive ketones (excluding diaryl/α,β-unsaturated/α-hetero) is 1. The Morgan fingerprint density at radius 1 is 1.03 bits per heavy atom. The highest BCUT2D eigenvalue weighted by Gasteiger charge is 2.22. The van der Waals surface area contributed by atoms with Crippen LogP contribution in [0.5, 0.6) is 5.75 Å². The van der Waals surface area contributed by atoms with Gasteiger partial charge in [0, 0.05) is 47.2 Å². The largest absolute Gasteiger partial charge is 0.508 e. The maximum atomic E-state index is 13.0. The Balaban J connectivity index is 1.50. The SMILES string of the molecule is Cc1ccc(C(=O)CCCCOCC(CO)OP(=O)(O)O)cc1-c1c2ccc(=O)cc-2oc2cc(O)ccc12. The van der Waals surface area contributed by atoms with Crippen LogP contribution >= 0.6 is 7.82 Å². The van der Waals surface area contributed by atoms with Crippen LogP contribution in [-0.4, -0.2) is 51.7 Å². The molecular weight excluding hydrogens is 527 g/mol. The fraction of sp³-hybridized carbons (Fsp3) is 0.286. The molecular formula is C28H29O10P. The second kappa shape index (κ2) is 12.2. The van der Waals surface area contributed by atoms with E-state index < -0.39 is 20.5 Å². The van der Waals surface area contributed by atoms with Crippen LogP contribution < -0.4 is 5.43 Å². The van der Waals surface area contributed by atoms with Gasteiger partial charge in [-0.15, -0.1) is 0 Å². The second-order valence-corrected chi connectivity index (χ2v) is 10.4. The van der Waals surface area contributed by atoms with E-state index in [4.69, 9.17) is 24.0 Å². The summed E-state index contributed by atoms with van der Waals surface area (Å²) >= 11 is 0. The highest BCUT2D eigenvalue weighted by atomic mass is 31.2. The number of phenols is 1. The van der Waals surface area contributed by atoms with Gasteiger partial charge in [-0.3, -0.25) is 14.1 Å². The van der Waals surface area contributed by atoms with Crippen molar-refractivity contribution in [2.75, 3.05) is 19.8 Å². The van der Waals surface area contributed by atoms with E-state index in [0.29, 0.717) is 35.3 Å². The lowest BCUT2D eigenvalue weighted by Crippen LogP contribution is -2.23. The molecule has 1 atom stereocenters. The van der Waals surface area contributed by atoms with Gasteiger partial charge in [0.2, 0.25) is 0 Å². The summed E-state index contributed by atoms with van der Waals surface area (Å²) in [6, 6.07) is 14.8. The molecule has 1 aliphatic carbocycles. The van der Waals surface area contributed by atoms with Gasteiger partial charge in [0.05, 0.1) is 13.2 Å². The number of rotatable bonds is 12. The van der Waals surface area contributed by atoms with Gasteiger partial charge in [-0.2, -0.15) is 0 Å². The first-order chi connectivity index (χ1) is 18.6. The van der Waals surface area contributed by atoms with Crippen molar-refractivity contribution in [3.05, 3.63) is 75.9 Å². The average Bonchev–Trinajstić information content (AvgIpc) is 2.88. The molecule has 4 rings (SSSR count). The van der Waals surface area contributed by atoms with Crippen molar-refractivity contribution in [2.24, 2.45) is 0 Å². The van der Waals surface area contributed by atoms with Crippen molar-refractivity contribution >= 4 is 24.6 Å². The molecule has 1 unspecified atom stereocenters. The number of aromatic hydroxyl groups is 1. The lowest BCUT2D eigenvalue weighted by atomic mass is 9.89. The third kappa shape index (κ3) is 7.19. The molecule has 1 heterocycles. The Labute approximate surface area is 224 Å². The zero-order chi connectivity index (χ0) is 28.2. The molecule has 2 aromatic rings. The van der Waals surface area contributed by atoms with Gasteiger partial charge in [-0.05, 0) is 61.2 Å². The highest BCUT2D eigenvalue weighted by molar-refractivity contribution is 7.46. The number of hydrogen-bond acceptors (Lipinski definition) is 8. The number of ketones is 1. The van der Waals surface area contributed by atoms with Gasteiger partial charge in [-0.1, -0.05) is 12.1 Å². The summed E-state index contributed by atoms with van der Waals surface area (Å²) in [5.74, 6) is 0.338.